The molecule has 150 valence electrons. The van der Waals surface area contributed by atoms with Gasteiger partial charge in [0, 0.05) is 12.3 Å². The molecule has 3 atom stereocenters. The van der Waals surface area contributed by atoms with Crippen LogP contribution in [0.3, 0.4) is 0 Å². The third-order valence-corrected chi connectivity index (χ3v) is 3.84. The van der Waals surface area contributed by atoms with E-state index in [9.17, 15) is 14.4 Å². The van der Waals surface area contributed by atoms with Gasteiger partial charge in [-0.2, -0.15) is 12.6 Å². The van der Waals surface area contributed by atoms with Gasteiger partial charge in [-0.25, -0.2) is 4.79 Å². The van der Waals surface area contributed by atoms with Gasteiger partial charge in [-0.15, -0.1) is 0 Å². The Morgan fingerprint density at radius 3 is 2.19 bits per heavy atom. The number of hydrogen-bond acceptors (Lipinski definition) is 6. The van der Waals surface area contributed by atoms with Crippen molar-refractivity contribution in [1.82, 2.24) is 16.0 Å². The third kappa shape index (κ3) is 10.1. The minimum atomic E-state index is -1.21. The zero-order chi connectivity index (χ0) is 20.3. The van der Waals surface area contributed by atoms with Crippen molar-refractivity contribution < 1.29 is 19.5 Å². The van der Waals surface area contributed by atoms with Crippen LogP contribution in [0, 0.1) is 11.3 Å². The van der Waals surface area contributed by atoms with Gasteiger partial charge >= 0.3 is 5.97 Å². The number of rotatable bonds is 12. The van der Waals surface area contributed by atoms with E-state index in [2.05, 4.69) is 28.6 Å². The molecule has 0 spiro atoms. The van der Waals surface area contributed by atoms with Gasteiger partial charge in [0.1, 0.15) is 12.1 Å². The van der Waals surface area contributed by atoms with Gasteiger partial charge < -0.3 is 32.5 Å². The number of carbonyl (C=O) groups excluding carboxylic acids is 2. The van der Waals surface area contributed by atoms with E-state index in [4.69, 9.17) is 22.0 Å². The number of amides is 2. The van der Waals surface area contributed by atoms with Crippen LogP contribution < -0.4 is 27.4 Å². The van der Waals surface area contributed by atoms with Gasteiger partial charge in [0.2, 0.25) is 11.8 Å². The largest absolute Gasteiger partial charge is 0.480 e. The molecule has 26 heavy (non-hydrogen) atoms. The number of guanidine groups is 1. The van der Waals surface area contributed by atoms with Crippen LogP contribution in [0.1, 0.15) is 33.1 Å². The molecule has 0 saturated carbocycles. The molecule has 11 heteroatoms. The van der Waals surface area contributed by atoms with Crippen LogP contribution in [-0.2, 0) is 14.4 Å². The normalized spacial score (nSPS) is 14.2. The summed E-state index contributed by atoms with van der Waals surface area (Å²) < 4.78 is 0. The lowest BCUT2D eigenvalue weighted by Crippen LogP contribution is -2.55. The first-order valence-corrected chi connectivity index (χ1v) is 8.99. The maximum absolute atomic E-state index is 12.4. The topological polar surface area (TPSA) is 183 Å². The molecule has 0 aromatic heterocycles. The fourth-order valence-corrected chi connectivity index (χ4v) is 2.40. The van der Waals surface area contributed by atoms with E-state index in [0.29, 0.717) is 19.4 Å². The average Bonchev–Trinajstić information content (AvgIpc) is 2.53. The summed E-state index contributed by atoms with van der Waals surface area (Å²) in [6.45, 7) is 4.19. The molecule has 0 aliphatic heterocycles. The Balaban J connectivity index is 4.91. The SMILES string of the molecule is CC(C)C[C@H](N)C(=O)N[C@@H](CCCNC(=N)N)C(=O)N[C@@H](CS)C(=O)O. The monoisotopic (exact) mass is 390 g/mol. The number of carbonyl (C=O) groups is 3. The summed E-state index contributed by atoms with van der Waals surface area (Å²) >= 11 is 3.90. The minimum Gasteiger partial charge on any atom is -0.480 e. The number of aliphatic carboxylic acids is 1. The first-order valence-electron chi connectivity index (χ1n) is 8.36. The first kappa shape index (κ1) is 24.0. The molecule has 0 unspecified atom stereocenters. The van der Waals surface area contributed by atoms with Gasteiger partial charge in [0.05, 0.1) is 6.04 Å². The van der Waals surface area contributed by atoms with Crippen molar-refractivity contribution in [3.63, 3.8) is 0 Å². The van der Waals surface area contributed by atoms with Crippen LogP contribution in [-0.4, -0.2) is 59.3 Å². The van der Waals surface area contributed by atoms with Crippen molar-refractivity contribution in [2.45, 2.75) is 51.2 Å². The van der Waals surface area contributed by atoms with E-state index in [1.54, 1.807) is 0 Å². The highest BCUT2D eigenvalue weighted by molar-refractivity contribution is 7.80. The molecular weight excluding hydrogens is 360 g/mol. The Labute approximate surface area is 158 Å². The third-order valence-electron chi connectivity index (χ3n) is 3.48. The standard InChI is InChI=1S/C15H30N6O4S/c1-8(2)6-9(16)12(22)20-10(4-3-5-19-15(17)18)13(23)21-11(7-26)14(24)25/h8-11,26H,3-7,16H2,1-2H3,(H,20,22)(H,21,23)(H,24,25)(H4,17,18,19)/t9-,10-,11-/m0/s1. The number of carboxylic acid groups (broad SMARTS) is 1. The molecule has 0 saturated heterocycles. The Morgan fingerprint density at radius 1 is 1.15 bits per heavy atom. The number of thiol groups is 1. The van der Waals surface area contributed by atoms with Crippen LogP contribution in [0.5, 0.6) is 0 Å². The fourth-order valence-electron chi connectivity index (χ4n) is 2.15. The highest BCUT2D eigenvalue weighted by Gasteiger charge is 2.27. The number of nitrogens with two attached hydrogens (primary N) is 2. The molecule has 0 heterocycles. The summed E-state index contributed by atoms with van der Waals surface area (Å²) in [5, 5.41) is 23.6. The van der Waals surface area contributed by atoms with Crippen molar-refractivity contribution in [3.05, 3.63) is 0 Å². The maximum Gasteiger partial charge on any atom is 0.327 e. The smallest absolute Gasteiger partial charge is 0.327 e. The number of carboxylic acids is 1. The van der Waals surface area contributed by atoms with Crippen molar-refractivity contribution in [2.24, 2.45) is 17.4 Å². The molecule has 0 rings (SSSR count). The van der Waals surface area contributed by atoms with E-state index in [1.165, 1.54) is 0 Å². The molecule has 0 aromatic carbocycles. The molecule has 10 nitrogen and oxygen atoms in total. The van der Waals surface area contributed by atoms with Crippen LogP contribution in [0.4, 0.5) is 0 Å². The predicted octanol–water partition coefficient (Wildman–Crippen LogP) is -1.39. The predicted molar refractivity (Wildman–Crippen MR) is 102 cm³/mol. The Bertz CT molecular complexity index is 503. The van der Waals surface area contributed by atoms with E-state index >= 15 is 0 Å². The zero-order valence-electron chi connectivity index (χ0n) is 15.1. The molecule has 0 aromatic rings. The van der Waals surface area contributed by atoms with Crippen molar-refractivity contribution >= 4 is 36.4 Å². The fraction of sp³-hybridized carbons (Fsp3) is 0.733. The summed E-state index contributed by atoms with van der Waals surface area (Å²) in [5.74, 6) is -2.39. The lowest BCUT2D eigenvalue weighted by molar-refractivity contribution is -0.141. The molecule has 0 fully saturated rings. The minimum absolute atomic E-state index is 0.0828. The number of hydrogen-bond donors (Lipinski definition) is 8. The molecule has 0 radical (unpaired) electrons. The van der Waals surface area contributed by atoms with Gasteiger partial charge in [-0.05, 0) is 25.2 Å². The summed E-state index contributed by atoms with van der Waals surface area (Å²) in [4.78, 5) is 35.6. The van der Waals surface area contributed by atoms with E-state index < -0.39 is 35.9 Å². The zero-order valence-corrected chi connectivity index (χ0v) is 16.0. The van der Waals surface area contributed by atoms with Gasteiger partial charge in [0.15, 0.2) is 5.96 Å². The second-order valence-electron chi connectivity index (χ2n) is 6.36. The molecule has 0 aliphatic carbocycles. The van der Waals surface area contributed by atoms with Crippen molar-refractivity contribution in [1.29, 1.82) is 5.41 Å². The first-order chi connectivity index (χ1) is 12.1. The van der Waals surface area contributed by atoms with Gasteiger partial charge in [0.25, 0.3) is 0 Å². The molecule has 2 amide bonds. The lowest BCUT2D eigenvalue weighted by atomic mass is 10.0. The van der Waals surface area contributed by atoms with E-state index in [-0.39, 0.29) is 24.1 Å². The summed E-state index contributed by atoms with van der Waals surface area (Å²) in [7, 11) is 0. The molecule has 0 bridgehead atoms. The Morgan fingerprint density at radius 2 is 1.73 bits per heavy atom. The van der Waals surface area contributed by atoms with Gasteiger partial charge in [-0.3, -0.25) is 15.0 Å². The van der Waals surface area contributed by atoms with E-state index in [1.807, 2.05) is 13.8 Å². The Hall–Kier alpha value is -2.01. The second kappa shape index (κ2) is 12.4. The van der Waals surface area contributed by atoms with Crippen molar-refractivity contribution in [3.8, 4) is 0 Å². The van der Waals surface area contributed by atoms with Crippen LogP contribution in [0.2, 0.25) is 0 Å². The second-order valence-corrected chi connectivity index (χ2v) is 6.73. The van der Waals surface area contributed by atoms with E-state index in [0.717, 1.165) is 0 Å². The van der Waals surface area contributed by atoms with Crippen LogP contribution >= 0.6 is 12.6 Å². The van der Waals surface area contributed by atoms with Crippen molar-refractivity contribution in [2.75, 3.05) is 12.3 Å². The molecule has 0 aliphatic rings. The average molecular weight is 391 g/mol. The highest BCUT2D eigenvalue weighted by Crippen LogP contribution is 2.05. The summed E-state index contributed by atoms with van der Waals surface area (Å²) in [5.41, 5.74) is 11.0. The van der Waals surface area contributed by atoms with Crippen LogP contribution in [0.25, 0.3) is 0 Å². The number of nitrogens with one attached hydrogen (secondary N) is 4. The lowest BCUT2D eigenvalue weighted by Gasteiger charge is -2.23. The van der Waals surface area contributed by atoms with Gasteiger partial charge in [-0.1, -0.05) is 13.8 Å². The highest BCUT2D eigenvalue weighted by atomic mass is 32.1. The van der Waals surface area contributed by atoms with Crippen LogP contribution in [0.15, 0.2) is 0 Å². The molecule has 9 N–H and O–H groups in total. The summed E-state index contributed by atoms with van der Waals surface area (Å²) in [6, 6.07) is -2.87. The molecular formula is C15H30N6O4S. The Kier molecular flexibility index (Phi) is 11.4. The quantitative estimate of drug-likeness (QED) is 0.0872. The summed E-state index contributed by atoms with van der Waals surface area (Å²) in [6.07, 6.45) is 1.11. The maximum atomic E-state index is 12.4.